The highest BCUT2D eigenvalue weighted by molar-refractivity contribution is 6.30. The molecule has 0 aliphatic rings. The molecule has 0 spiro atoms. The van der Waals surface area contributed by atoms with E-state index in [2.05, 4.69) is 18.9 Å². The molecule has 0 N–H and O–H groups in total. The number of ketones is 1. The maximum Gasteiger partial charge on any atom is 0.193 e. The van der Waals surface area contributed by atoms with Crippen LogP contribution in [-0.4, -0.2) is 19.4 Å². The summed E-state index contributed by atoms with van der Waals surface area (Å²) in [5.74, 6) is 0.0198. The van der Waals surface area contributed by atoms with E-state index in [0.29, 0.717) is 16.1 Å². The van der Waals surface area contributed by atoms with E-state index in [0.717, 1.165) is 18.7 Å². The number of nitrogens with zero attached hydrogens (tertiary/aromatic N) is 1. The lowest BCUT2D eigenvalue weighted by Crippen LogP contribution is -2.17. The van der Waals surface area contributed by atoms with Crippen molar-refractivity contribution in [2.24, 2.45) is 0 Å². The number of halogens is 1. The van der Waals surface area contributed by atoms with Gasteiger partial charge in [0.2, 0.25) is 0 Å². The van der Waals surface area contributed by atoms with E-state index in [4.69, 9.17) is 11.6 Å². The fourth-order valence-corrected chi connectivity index (χ4v) is 2.23. The molecule has 0 atom stereocenters. The van der Waals surface area contributed by atoms with Gasteiger partial charge in [-0.15, -0.1) is 0 Å². The number of carbonyl (C=O) groups excluding carboxylic acids is 1. The molecule has 0 aromatic heterocycles. The molecule has 0 amide bonds. The molecule has 0 saturated heterocycles. The third-order valence-electron chi connectivity index (χ3n) is 3.24. The van der Waals surface area contributed by atoms with Crippen molar-refractivity contribution in [1.82, 2.24) is 0 Å². The minimum absolute atomic E-state index is 0.0198. The maximum absolute atomic E-state index is 12.3. The molecule has 0 bridgehead atoms. The molecule has 0 saturated carbocycles. The first-order valence-corrected chi connectivity index (χ1v) is 7.11. The Bertz CT molecular complexity index is 575. The van der Waals surface area contributed by atoms with Gasteiger partial charge in [-0.05, 0) is 55.0 Å². The summed E-state index contributed by atoms with van der Waals surface area (Å²) in [6.45, 7) is 3.15. The quantitative estimate of drug-likeness (QED) is 0.759. The molecule has 0 unspecified atom stereocenters. The van der Waals surface area contributed by atoms with Crippen molar-refractivity contribution in [1.29, 1.82) is 0 Å². The molecule has 2 aromatic rings. The first kappa shape index (κ1) is 14.6. The van der Waals surface area contributed by atoms with Crippen LogP contribution in [0.3, 0.4) is 0 Å². The number of hydrogen-bond donors (Lipinski definition) is 0. The van der Waals surface area contributed by atoms with Gasteiger partial charge < -0.3 is 4.90 Å². The first-order chi connectivity index (χ1) is 9.61. The van der Waals surface area contributed by atoms with Crippen LogP contribution in [0.4, 0.5) is 5.69 Å². The smallest absolute Gasteiger partial charge is 0.193 e. The summed E-state index contributed by atoms with van der Waals surface area (Å²) in [5.41, 5.74) is 2.48. The average Bonchev–Trinajstić information content (AvgIpc) is 2.48. The second-order valence-electron chi connectivity index (χ2n) is 4.80. The van der Waals surface area contributed by atoms with E-state index in [1.54, 1.807) is 24.3 Å². The van der Waals surface area contributed by atoms with Crippen molar-refractivity contribution >= 4 is 23.1 Å². The summed E-state index contributed by atoms with van der Waals surface area (Å²) in [6.07, 6.45) is 1.10. The molecular weight excluding hydrogens is 270 g/mol. The summed E-state index contributed by atoms with van der Waals surface area (Å²) in [7, 11) is 2.06. The fourth-order valence-electron chi connectivity index (χ4n) is 2.10. The molecule has 104 valence electrons. The SMILES string of the molecule is CCCN(C)c1ccc(C(=O)c2ccc(Cl)cc2)cc1. The fraction of sp³-hybridized carbons (Fsp3) is 0.235. The van der Waals surface area contributed by atoms with Crippen LogP contribution >= 0.6 is 11.6 Å². The summed E-state index contributed by atoms with van der Waals surface area (Å²) < 4.78 is 0. The monoisotopic (exact) mass is 287 g/mol. The van der Waals surface area contributed by atoms with Gasteiger partial charge in [-0.2, -0.15) is 0 Å². The van der Waals surface area contributed by atoms with E-state index in [1.165, 1.54) is 0 Å². The second kappa shape index (κ2) is 6.58. The Morgan fingerprint density at radius 1 is 1.00 bits per heavy atom. The van der Waals surface area contributed by atoms with Gasteiger partial charge >= 0.3 is 0 Å². The van der Waals surface area contributed by atoms with Gasteiger partial charge in [0.05, 0.1) is 0 Å². The molecule has 2 rings (SSSR count). The molecule has 0 heterocycles. The van der Waals surface area contributed by atoms with Crippen LogP contribution in [0.5, 0.6) is 0 Å². The number of anilines is 1. The van der Waals surface area contributed by atoms with Crippen LogP contribution in [0.15, 0.2) is 48.5 Å². The number of rotatable bonds is 5. The van der Waals surface area contributed by atoms with Gasteiger partial charge in [-0.25, -0.2) is 0 Å². The van der Waals surface area contributed by atoms with Gasteiger partial charge in [0.15, 0.2) is 5.78 Å². The first-order valence-electron chi connectivity index (χ1n) is 6.73. The zero-order valence-corrected chi connectivity index (χ0v) is 12.5. The van der Waals surface area contributed by atoms with Crippen molar-refractivity contribution in [2.75, 3.05) is 18.5 Å². The minimum Gasteiger partial charge on any atom is -0.375 e. The van der Waals surface area contributed by atoms with Gasteiger partial charge in [0, 0.05) is 35.4 Å². The summed E-state index contributed by atoms with van der Waals surface area (Å²) in [6, 6.07) is 14.7. The number of hydrogen-bond acceptors (Lipinski definition) is 2. The van der Waals surface area contributed by atoms with Crippen molar-refractivity contribution < 1.29 is 4.79 Å². The highest BCUT2D eigenvalue weighted by atomic mass is 35.5. The Morgan fingerprint density at radius 2 is 1.50 bits per heavy atom. The topological polar surface area (TPSA) is 20.3 Å². The lowest BCUT2D eigenvalue weighted by atomic mass is 10.0. The molecule has 2 aromatic carbocycles. The van der Waals surface area contributed by atoms with E-state index < -0.39 is 0 Å². The van der Waals surface area contributed by atoms with Crippen molar-refractivity contribution in [3.8, 4) is 0 Å². The molecule has 2 nitrogen and oxygen atoms in total. The van der Waals surface area contributed by atoms with Crippen molar-refractivity contribution in [3.63, 3.8) is 0 Å². The van der Waals surface area contributed by atoms with E-state index >= 15 is 0 Å². The Balaban J connectivity index is 2.17. The van der Waals surface area contributed by atoms with Gasteiger partial charge in [-0.1, -0.05) is 18.5 Å². The summed E-state index contributed by atoms with van der Waals surface area (Å²) >= 11 is 5.83. The molecular formula is C17H18ClNO. The molecule has 3 heteroatoms. The van der Waals surface area contributed by atoms with Crippen LogP contribution in [0.2, 0.25) is 5.02 Å². The van der Waals surface area contributed by atoms with Crippen molar-refractivity contribution in [2.45, 2.75) is 13.3 Å². The zero-order valence-electron chi connectivity index (χ0n) is 11.8. The molecule has 0 aliphatic heterocycles. The summed E-state index contributed by atoms with van der Waals surface area (Å²) in [4.78, 5) is 14.5. The average molecular weight is 288 g/mol. The van der Waals surface area contributed by atoms with E-state index in [-0.39, 0.29) is 5.78 Å². The van der Waals surface area contributed by atoms with E-state index in [9.17, 15) is 4.79 Å². The predicted molar refractivity (Wildman–Crippen MR) is 84.9 cm³/mol. The molecule has 20 heavy (non-hydrogen) atoms. The molecule has 0 aliphatic carbocycles. The van der Waals surface area contributed by atoms with Crippen LogP contribution in [0, 0.1) is 0 Å². The number of carbonyl (C=O) groups is 1. The molecule has 0 fully saturated rings. The Morgan fingerprint density at radius 3 is 2.00 bits per heavy atom. The third-order valence-corrected chi connectivity index (χ3v) is 3.49. The number of benzene rings is 2. The largest absolute Gasteiger partial charge is 0.375 e. The van der Waals surface area contributed by atoms with Crippen LogP contribution in [0.1, 0.15) is 29.3 Å². The normalized spacial score (nSPS) is 10.3. The highest BCUT2D eigenvalue weighted by Gasteiger charge is 2.09. The molecule has 0 radical (unpaired) electrons. The zero-order chi connectivity index (χ0) is 14.5. The Hall–Kier alpha value is -1.80. The standard InChI is InChI=1S/C17H18ClNO/c1-3-12-19(2)16-10-6-14(7-11-16)17(20)13-4-8-15(18)9-5-13/h4-11H,3,12H2,1-2H3. The van der Waals surface area contributed by atoms with Crippen molar-refractivity contribution in [3.05, 3.63) is 64.7 Å². The highest BCUT2D eigenvalue weighted by Crippen LogP contribution is 2.18. The maximum atomic E-state index is 12.3. The van der Waals surface area contributed by atoms with Gasteiger partial charge in [0.25, 0.3) is 0 Å². The van der Waals surface area contributed by atoms with E-state index in [1.807, 2.05) is 24.3 Å². The van der Waals surface area contributed by atoms with Gasteiger partial charge in [0.1, 0.15) is 0 Å². The Kier molecular flexibility index (Phi) is 4.80. The lowest BCUT2D eigenvalue weighted by Gasteiger charge is -2.18. The minimum atomic E-state index is 0.0198. The van der Waals surface area contributed by atoms with Gasteiger partial charge in [-0.3, -0.25) is 4.79 Å². The third kappa shape index (κ3) is 3.40. The Labute approximate surface area is 125 Å². The van der Waals surface area contributed by atoms with Crippen LogP contribution < -0.4 is 4.90 Å². The summed E-state index contributed by atoms with van der Waals surface area (Å²) in [5, 5.41) is 0.637. The predicted octanol–water partition coefficient (Wildman–Crippen LogP) is 4.42. The van der Waals surface area contributed by atoms with Crippen LogP contribution in [-0.2, 0) is 0 Å². The second-order valence-corrected chi connectivity index (χ2v) is 5.24. The van der Waals surface area contributed by atoms with Crippen LogP contribution in [0.25, 0.3) is 0 Å². The lowest BCUT2D eigenvalue weighted by molar-refractivity contribution is 0.103.